The van der Waals surface area contributed by atoms with Crippen molar-refractivity contribution in [1.82, 2.24) is 0 Å². The average molecular weight is 275 g/mol. The van der Waals surface area contributed by atoms with E-state index in [1.807, 2.05) is 18.2 Å². The summed E-state index contributed by atoms with van der Waals surface area (Å²) in [7, 11) is 0. The Bertz CT molecular complexity index is 484. The third-order valence-electron chi connectivity index (χ3n) is 3.06. The van der Waals surface area contributed by atoms with Crippen molar-refractivity contribution in [2.75, 3.05) is 5.48 Å². The molecule has 0 atom stereocenters. The van der Waals surface area contributed by atoms with Gasteiger partial charge in [0, 0.05) is 6.08 Å². The number of rotatable bonds is 5. The third kappa shape index (κ3) is 4.72. The zero-order valence-corrected chi connectivity index (χ0v) is 13.1. The van der Waals surface area contributed by atoms with E-state index in [9.17, 15) is 4.79 Å². The van der Waals surface area contributed by atoms with Crippen LogP contribution in [0.2, 0.25) is 0 Å². The van der Waals surface area contributed by atoms with Crippen molar-refractivity contribution in [3.63, 3.8) is 0 Å². The van der Waals surface area contributed by atoms with Crippen LogP contribution in [0.25, 0.3) is 0 Å². The summed E-state index contributed by atoms with van der Waals surface area (Å²) in [4.78, 5) is 16.1. The van der Waals surface area contributed by atoms with Gasteiger partial charge >= 0.3 is 5.97 Å². The maximum absolute atomic E-state index is 11.2. The predicted octanol–water partition coefficient (Wildman–Crippen LogP) is 4.46. The molecule has 0 radical (unpaired) electrons. The van der Waals surface area contributed by atoms with Crippen molar-refractivity contribution in [1.29, 1.82) is 0 Å². The molecule has 1 rings (SSSR count). The fraction of sp³-hybridized carbons (Fsp3) is 0.471. The van der Waals surface area contributed by atoms with Gasteiger partial charge < -0.3 is 4.84 Å². The number of anilines is 1. The Morgan fingerprint density at radius 1 is 1.25 bits per heavy atom. The molecule has 3 nitrogen and oxygen atoms in total. The molecule has 0 saturated carbocycles. The van der Waals surface area contributed by atoms with Crippen LogP contribution in [0.4, 0.5) is 5.69 Å². The first-order chi connectivity index (χ1) is 9.15. The summed E-state index contributed by atoms with van der Waals surface area (Å²) in [6.45, 7) is 14.5. The molecule has 20 heavy (non-hydrogen) atoms. The van der Waals surface area contributed by atoms with E-state index in [0.29, 0.717) is 0 Å². The highest BCUT2D eigenvalue weighted by Crippen LogP contribution is 2.39. The molecule has 0 heterocycles. The van der Waals surface area contributed by atoms with E-state index < -0.39 is 5.97 Å². The SMILES string of the molecule is C=CC(=O)ONc1ccccc1C(C)(C)CC(C)(C)C. The lowest BCUT2D eigenvalue weighted by Crippen LogP contribution is -2.26. The Kier molecular flexibility index (Phi) is 4.98. The molecule has 0 amide bonds. The van der Waals surface area contributed by atoms with Crippen molar-refractivity contribution < 1.29 is 9.63 Å². The molecule has 110 valence electrons. The highest BCUT2D eigenvalue weighted by Gasteiger charge is 2.29. The smallest absolute Gasteiger partial charge is 0.339 e. The van der Waals surface area contributed by atoms with Crippen LogP contribution in [0.15, 0.2) is 36.9 Å². The van der Waals surface area contributed by atoms with E-state index in [2.05, 4.69) is 52.7 Å². The number of carbonyl (C=O) groups excluding carboxylic acids is 1. The number of nitrogens with one attached hydrogen (secondary N) is 1. The molecule has 3 heteroatoms. The molecule has 1 aromatic carbocycles. The highest BCUT2D eigenvalue weighted by atomic mass is 16.7. The predicted molar refractivity (Wildman–Crippen MR) is 83.5 cm³/mol. The second kappa shape index (κ2) is 6.12. The molecule has 1 N–H and O–H groups in total. The zero-order chi connectivity index (χ0) is 15.4. The van der Waals surface area contributed by atoms with Crippen LogP contribution in [0.3, 0.4) is 0 Å². The molecule has 0 spiro atoms. The molecule has 0 unspecified atom stereocenters. The second-order valence-corrected chi connectivity index (χ2v) is 6.89. The normalized spacial score (nSPS) is 11.8. The number of benzene rings is 1. The molecular formula is C17H25NO2. The first-order valence-electron chi connectivity index (χ1n) is 6.84. The van der Waals surface area contributed by atoms with Crippen LogP contribution >= 0.6 is 0 Å². The van der Waals surface area contributed by atoms with Crippen molar-refractivity contribution in [2.24, 2.45) is 5.41 Å². The van der Waals surface area contributed by atoms with E-state index >= 15 is 0 Å². The summed E-state index contributed by atoms with van der Waals surface area (Å²) in [5.74, 6) is -0.492. The van der Waals surface area contributed by atoms with Gasteiger partial charge in [0.2, 0.25) is 0 Å². The van der Waals surface area contributed by atoms with Crippen LogP contribution in [0.5, 0.6) is 0 Å². The summed E-state index contributed by atoms with van der Waals surface area (Å²) in [6, 6.07) is 7.90. The van der Waals surface area contributed by atoms with Crippen molar-refractivity contribution >= 4 is 11.7 Å². The van der Waals surface area contributed by atoms with Crippen molar-refractivity contribution in [2.45, 2.75) is 46.5 Å². The highest BCUT2D eigenvalue weighted by molar-refractivity contribution is 5.82. The van der Waals surface area contributed by atoms with Crippen molar-refractivity contribution in [3.8, 4) is 0 Å². The van der Waals surface area contributed by atoms with Crippen LogP contribution in [-0.4, -0.2) is 5.97 Å². The summed E-state index contributed by atoms with van der Waals surface area (Å²) in [5.41, 5.74) is 4.87. The third-order valence-corrected chi connectivity index (χ3v) is 3.06. The molecule has 0 aromatic heterocycles. The lowest BCUT2D eigenvalue weighted by molar-refractivity contribution is -0.134. The summed E-state index contributed by atoms with van der Waals surface area (Å²) >= 11 is 0. The van der Waals surface area contributed by atoms with E-state index in [1.54, 1.807) is 0 Å². The van der Waals surface area contributed by atoms with E-state index in [-0.39, 0.29) is 10.8 Å². The quantitative estimate of drug-likeness (QED) is 0.637. The summed E-state index contributed by atoms with van der Waals surface area (Å²) in [6.07, 6.45) is 2.16. The van der Waals surface area contributed by atoms with Crippen LogP contribution in [0.1, 0.15) is 46.6 Å². The topological polar surface area (TPSA) is 38.3 Å². The Morgan fingerprint density at radius 3 is 2.40 bits per heavy atom. The Morgan fingerprint density at radius 2 is 1.85 bits per heavy atom. The summed E-state index contributed by atoms with van der Waals surface area (Å²) in [5, 5.41) is 0. The number of hydrogen-bond acceptors (Lipinski definition) is 3. The minimum Gasteiger partial charge on any atom is -0.339 e. The van der Waals surface area contributed by atoms with Gasteiger partial charge in [0.25, 0.3) is 0 Å². The second-order valence-electron chi connectivity index (χ2n) is 6.89. The maximum atomic E-state index is 11.2. The monoisotopic (exact) mass is 275 g/mol. The van der Waals surface area contributed by atoms with Gasteiger partial charge in [-0.25, -0.2) is 10.3 Å². The van der Waals surface area contributed by atoms with Gasteiger partial charge in [-0.3, -0.25) is 0 Å². The maximum Gasteiger partial charge on any atom is 0.355 e. The minimum atomic E-state index is -0.492. The Labute approximate surface area is 122 Å². The Balaban J connectivity index is 2.99. The number of carbonyl (C=O) groups is 1. The largest absolute Gasteiger partial charge is 0.355 e. The van der Waals surface area contributed by atoms with Crippen molar-refractivity contribution in [3.05, 3.63) is 42.5 Å². The summed E-state index contributed by atoms with van der Waals surface area (Å²) < 4.78 is 0. The molecule has 0 bridgehead atoms. The average Bonchev–Trinajstić information content (AvgIpc) is 2.33. The van der Waals surface area contributed by atoms with E-state index in [1.165, 1.54) is 0 Å². The first-order valence-corrected chi connectivity index (χ1v) is 6.84. The van der Waals surface area contributed by atoms with E-state index in [4.69, 9.17) is 4.84 Å². The lowest BCUT2D eigenvalue weighted by Gasteiger charge is -2.34. The van der Waals surface area contributed by atoms with Gasteiger partial charge in [0.1, 0.15) is 0 Å². The van der Waals surface area contributed by atoms with Gasteiger partial charge in [-0.2, -0.15) is 0 Å². The number of hydrogen-bond donors (Lipinski definition) is 1. The van der Waals surface area contributed by atoms with Crippen LogP contribution in [-0.2, 0) is 15.0 Å². The molecule has 0 aliphatic rings. The molecule has 0 aliphatic heterocycles. The molecule has 1 aromatic rings. The molecule has 0 fully saturated rings. The van der Waals surface area contributed by atoms with Gasteiger partial charge in [-0.05, 0) is 28.9 Å². The van der Waals surface area contributed by atoms with Gasteiger partial charge in [-0.15, -0.1) is 0 Å². The van der Waals surface area contributed by atoms with Gasteiger partial charge in [0.15, 0.2) is 0 Å². The van der Waals surface area contributed by atoms with Gasteiger partial charge in [0.05, 0.1) is 5.69 Å². The molecule has 0 aliphatic carbocycles. The standard InChI is InChI=1S/C17H25NO2/c1-7-15(19)20-18-14-11-9-8-10-13(14)17(5,6)12-16(2,3)4/h7-11,18H,1,12H2,2-6H3. The fourth-order valence-electron chi connectivity index (χ4n) is 2.73. The Hall–Kier alpha value is -1.77. The fourth-order valence-corrected chi connectivity index (χ4v) is 2.73. The van der Waals surface area contributed by atoms with E-state index in [0.717, 1.165) is 23.7 Å². The zero-order valence-electron chi connectivity index (χ0n) is 13.1. The number of para-hydroxylation sites is 1. The van der Waals surface area contributed by atoms with Crippen LogP contribution in [0, 0.1) is 5.41 Å². The minimum absolute atomic E-state index is 0.0254. The molecular weight excluding hydrogens is 250 g/mol. The molecule has 0 saturated heterocycles. The van der Waals surface area contributed by atoms with Crippen LogP contribution < -0.4 is 5.48 Å². The van der Waals surface area contributed by atoms with Gasteiger partial charge in [-0.1, -0.05) is 59.4 Å². The first kappa shape index (κ1) is 16.3. The lowest BCUT2D eigenvalue weighted by atomic mass is 9.72.